The minimum Gasteiger partial charge on any atom is -0.356 e. The normalized spacial score (nSPS) is 10.5. The third-order valence-electron chi connectivity index (χ3n) is 3.39. The summed E-state index contributed by atoms with van der Waals surface area (Å²) in [6.45, 7) is 8.48. The monoisotopic (exact) mass is 362 g/mol. The molecular formula is C17H23BrN4. The number of halogens is 1. The molecule has 4 nitrogen and oxygen atoms in total. The van der Waals surface area contributed by atoms with Gasteiger partial charge in [-0.3, -0.25) is 0 Å². The van der Waals surface area contributed by atoms with Crippen LogP contribution in [0.5, 0.6) is 0 Å². The fraction of sp³-hybridized carbons (Fsp3) is 0.412. The van der Waals surface area contributed by atoms with Crippen LogP contribution in [0.1, 0.15) is 32.3 Å². The van der Waals surface area contributed by atoms with Crippen molar-refractivity contribution in [1.29, 1.82) is 0 Å². The Kier molecular flexibility index (Phi) is 6.19. The molecule has 0 radical (unpaired) electrons. The van der Waals surface area contributed by atoms with Crippen molar-refractivity contribution in [2.24, 2.45) is 0 Å². The molecular weight excluding hydrogens is 340 g/mol. The Labute approximate surface area is 141 Å². The van der Waals surface area contributed by atoms with Crippen molar-refractivity contribution >= 4 is 33.4 Å². The van der Waals surface area contributed by atoms with Crippen molar-refractivity contribution < 1.29 is 0 Å². The van der Waals surface area contributed by atoms with Gasteiger partial charge in [-0.05, 0) is 49.6 Å². The van der Waals surface area contributed by atoms with Crippen molar-refractivity contribution in [3.63, 3.8) is 0 Å². The average Bonchev–Trinajstić information content (AvgIpc) is 2.50. The zero-order valence-corrected chi connectivity index (χ0v) is 15.0. The summed E-state index contributed by atoms with van der Waals surface area (Å²) < 4.78 is 1.07. The molecule has 1 N–H and O–H groups in total. The maximum atomic E-state index is 4.66. The molecule has 118 valence electrons. The van der Waals surface area contributed by atoms with E-state index in [0.717, 1.165) is 47.5 Å². The van der Waals surface area contributed by atoms with Crippen molar-refractivity contribution in [3.8, 4) is 0 Å². The third-order valence-corrected chi connectivity index (χ3v) is 3.88. The first-order chi connectivity index (χ1) is 10.6. The number of hydrogen-bond acceptors (Lipinski definition) is 4. The van der Waals surface area contributed by atoms with E-state index in [1.54, 1.807) is 0 Å². The Bertz CT molecular complexity index is 609. The first-order valence-electron chi connectivity index (χ1n) is 7.75. The zero-order valence-electron chi connectivity index (χ0n) is 13.4. The lowest BCUT2D eigenvalue weighted by Crippen LogP contribution is -2.26. The van der Waals surface area contributed by atoms with Crippen LogP contribution in [0, 0.1) is 6.92 Å². The minimum absolute atomic E-state index is 0.639. The van der Waals surface area contributed by atoms with Gasteiger partial charge in [0.1, 0.15) is 5.82 Å². The van der Waals surface area contributed by atoms with Crippen LogP contribution in [-0.2, 0) is 0 Å². The SMILES string of the molecule is CCCN(CCC)c1ccnc(Nc2ccc(Br)cc2C)n1. The number of hydrogen-bond donors (Lipinski definition) is 1. The molecule has 22 heavy (non-hydrogen) atoms. The summed E-state index contributed by atoms with van der Waals surface area (Å²) in [7, 11) is 0. The first kappa shape index (κ1) is 16.7. The number of aryl methyl sites for hydroxylation is 1. The van der Waals surface area contributed by atoms with Crippen LogP contribution in [0.25, 0.3) is 0 Å². The van der Waals surface area contributed by atoms with Crippen LogP contribution in [-0.4, -0.2) is 23.1 Å². The standard InChI is InChI=1S/C17H23BrN4/c1-4-10-22(11-5-2)16-8-9-19-17(21-16)20-15-7-6-14(18)12-13(15)3/h6-9,12H,4-5,10-11H2,1-3H3,(H,19,20,21). The average molecular weight is 363 g/mol. The first-order valence-corrected chi connectivity index (χ1v) is 8.54. The topological polar surface area (TPSA) is 41.1 Å². The minimum atomic E-state index is 0.639. The zero-order chi connectivity index (χ0) is 15.9. The van der Waals surface area contributed by atoms with Crippen LogP contribution >= 0.6 is 15.9 Å². The highest BCUT2D eigenvalue weighted by Gasteiger charge is 2.08. The molecule has 0 unspecified atom stereocenters. The molecule has 0 bridgehead atoms. The Morgan fingerprint density at radius 3 is 2.50 bits per heavy atom. The molecule has 0 saturated heterocycles. The number of rotatable bonds is 7. The molecule has 0 aliphatic heterocycles. The van der Waals surface area contributed by atoms with E-state index in [-0.39, 0.29) is 0 Å². The molecule has 0 spiro atoms. The Balaban J connectivity index is 2.20. The summed E-state index contributed by atoms with van der Waals surface area (Å²) in [5.74, 6) is 1.62. The van der Waals surface area contributed by atoms with Gasteiger partial charge in [0.15, 0.2) is 0 Å². The molecule has 0 aliphatic carbocycles. The second-order valence-corrected chi connectivity index (χ2v) is 6.23. The van der Waals surface area contributed by atoms with Gasteiger partial charge >= 0.3 is 0 Å². The summed E-state index contributed by atoms with van der Waals surface area (Å²) in [6.07, 6.45) is 4.04. The van der Waals surface area contributed by atoms with Gasteiger partial charge in [-0.25, -0.2) is 4.98 Å². The molecule has 1 aromatic carbocycles. The van der Waals surface area contributed by atoms with Crippen LogP contribution in [0.15, 0.2) is 34.9 Å². The lowest BCUT2D eigenvalue weighted by Gasteiger charge is -2.22. The third kappa shape index (κ3) is 4.44. The van der Waals surface area contributed by atoms with Gasteiger partial charge in [-0.2, -0.15) is 4.98 Å². The van der Waals surface area contributed by atoms with Gasteiger partial charge in [0.05, 0.1) is 0 Å². The number of benzene rings is 1. The molecule has 2 aromatic rings. The molecule has 0 aliphatic rings. The summed E-state index contributed by atoms with van der Waals surface area (Å²) >= 11 is 3.48. The van der Waals surface area contributed by atoms with Crippen LogP contribution < -0.4 is 10.2 Å². The fourth-order valence-electron chi connectivity index (χ4n) is 2.35. The van der Waals surface area contributed by atoms with Gasteiger partial charge in [0.25, 0.3) is 0 Å². The summed E-state index contributed by atoms with van der Waals surface area (Å²) in [5, 5.41) is 3.31. The van der Waals surface area contributed by atoms with E-state index >= 15 is 0 Å². The maximum absolute atomic E-state index is 4.66. The summed E-state index contributed by atoms with van der Waals surface area (Å²) in [6, 6.07) is 8.10. The molecule has 0 atom stereocenters. The van der Waals surface area contributed by atoms with Gasteiger partial charge in [-0.1, -0.05) is 29.8 Å². The summed E-state index contributed by atoms with van der Waals surface area (Å²) in [5.41, 5.74) is 2.18. The van der Waals surface area contributed by atoms with Crippen LogP contribution in [0.3, 0.4) is 0 Å². The van der Waals surface area contributed by atoms with Gasteiger partial charge in [-0.15, -0.1) is 0 Å². The second-order valence-electron chi connectivity index (χ2n) is 5.31. The van der Waals surface area contributed by atoms with Crippen LogP contribution in [0.4, 0.5) is 17.5 Å². The highest BCUT2D eigenvalue weighted by molar-refractivity contribution is 9.10. The quantitative estimate of drug-likeness (QED) is 0.758. The second kappa shape index (κ2) is 8.13. The van der Waals surface area contributed by atoms with E-state index in [4.69, 9.17) is 0 Å². The molecule has 2 rings (SSSR count). The maximum Gasteiger partial charge on any atom is 0.229 e. The fourth-order valence-corrected chi connectivity index (χ4v) is 2.83. The molecule has 0 fully saturated rings. The Morgan fingerprint density at radius 2 is 1.86 bits per heavy atom. The van der Waals surface area contributed by atoms with Gasteiger partial charge in [0.2, 0.25) is 5.95 Å². The Morgan fingerprint density at radius 1 is 1.14 bits per heavy atom. The van der Waals surface area contributed by atoms with Crippen molar-refractivity contribution in [2.45, 2.75) is 33.6 Å². The molecule has 5 heteroatoms. The van der Waals surface area contributed by atoms with E-state index in [2.05, 4.69) is 63.0 Å². The largest absolute Gasteiger partial charge is 0.356 e. The van der Waals surface area contributed by atoms with Crippen molar-refractivity contribution in [3.05, 3.63) is 40.5 Å². The number of nitrogens with one attached hydrogen (secondary N) is 1. The highest BCUT2D eigenvalue weighted by atomic mass is 79.9. The van der Waals surface area contributed by atoms with E-state index in [1.807, 2.05) is 24.4 Å². The summed E-state index contributed by atoms with van der Waals surface area (Å²) in [4.78, 5) is 11.3. The molecule has 1 aromatic heterocycles. The predicted molar refractivity (Wildman–Crippen MR) is 97.0 cm³/mol. The van der Waals surface area contributed by atoms with Gasteiger partial charge < -0.3 is 10.2 Å². The number of anilines is 3. The lowest BCUT2D eigenvalue weighted by atomic mass is 10.2. The van der Waals surface area contributed by atoms with Crippen molar-refractivity contribution in [1.82, 2.24) is 9.97 Å². The van der Waals surface area contributed by atoms with E-state index < -0.39 is 0 Å². The number of aromatic nitrogens is 2. The van der Waals surface area contributed by atoms with Gasteiger partial charge in [0, 0.05) is 29.4 Å². The van der Waals surface area contributed by atoms with E-state index in [1.165, 1.54) is 0 Å². The highest BCUT2D eigenvalue weighted by Crippen LogP contribution is 2.23. The molecule has 0 amide bonds. The van der Waals surface area contributed by atoms with Crippen molar-refractivity contribution in [2.75, 3.05) is 23.3 Å². The number of nitrogens with zero attached hydrogens (tertiary/aromatic N) is 3. The van der Waals surface area contributed by atoms with Crippen LogP contribution in [0.2, 0.25) is 0 Å². The van der Waals surface area contributed by atoms with E-state index in [9.17, 15) is 0 Å². The smallest absolute Gasteiger partial charge is 0.229 e. The van der Waals surface area contributed by atoms with E-state index in [0.29, 0.717) is 5.95 Å². The Hall–Kier alpha value is -1.62. The lowest BCUT2D eigenvalue weighted by molar-refractivity contribution is 0.733. The molecule has 1 heterocycles. The predicted octanol–water partition coefficient (Wildman–Crippen LogP) is 4.92. The molecule has 0 saturated carbocycles.